The predicted octanol–water partition coefficient (Wildman–Crippen LogP) is 4.23. The van der Waals surface area contributed by atoms with E-state index in [0.29, 0.717) is 0 Å². The molecule has 0 nitrogen and oxygen atoms in total. The van der Waals surface area contributed by atoms with Gasteiger partial charge in [0.05, 0.1) is 0 Å². The van der Waals surface area contributed by atoms with Crippen molar-refractivity contribution in [3.8, 4) is 0 Å². The zero-order valence-electron chi connectivity index (χ0n) is 11.4. The molecule has 1 aromatic rings. The zero-order chi connectivity index (χ0) is 12.1. The van der Waals surface area contributed by atoms with Crippen LogP contribution in [0.1, 0.15) is 44.6 Å². The third-order valence-corrected chi connectivity index (χ3v) is 6.51. The Morgan fingerprint density at radius 3 is 2.76 bits per heavy atom. The van der Waals surface area contributed by atoms with Gasteiger partial charge in [0.15, 0.2) is 0 Å². The second kappa shape index (κ2) is 6.39. The smallest absolute Gasteiger partial charge is 0.0201 e. The van der Waals surface area contributed by atoms with E-state index in [9.17, 15) is 0 Å². The molecule has 0 aliphatic carbocycles. The normalized spacial score (nSPS) is 28.1. The molecule has 3 unspecified atom stereocenters. The molecule has 17 heavy (non-hydrogen) atoms. The summed E-state index contributed by atoms with van der Waals surface area (Å²) in [5.41, 5.74) is 1.61. The third kappa shape index (κ3) is 3.22. The number of benzene rings is 1. The van der Waals surface area contributed by atoms with Gasteiger partial charge in [0.1, 0.15) is 0 Å². The van der Waals surface area contributed by atoms with Gasteiger partial charge in [-0.1, -0.05) is 69.1 Å². The van der Waals surface area contributed by atoms with E-state index in [1.165, 1.54) is 19.3 Å². The van der Waals surface area contributed by atoms with Crippen LogP contribution in [0.25, 0.3) is 0 Å². The lowest BCUT2D eigenvalue weighted by Gasteiger charge is -2.36. The highest BCUT2D eigenvalue weighted by Gasteiger charge is 2.29. The molecule has 0 bridgehead atoms. The van der Waals surface area contributed by atoms with Crippen LogP contribution >= 0.6 is 0 Å². The van der Waals surface area contributed by atoms with Crippen LogP contribution in [-0.4, -0.2) is 9.52 Å². The van der Waals surface area contributed by atoms with Crippen LogP contribution in [0.4, 0.5) is 0 Å². The Morgan fingerprint density at radius 2 is 2.06 bits per heavy atom. The first-order valence-corrected chi connectivity index (χ1v) is 9.38. The highest BCUT2D eigenvalue weighted by Crippen LogP contribution is 2.41. The summed E-state index contributed by atoms with van der Waals surface area (Å²) in [5, 5.41) is 0. The molecule has 0 aromatic heterocycles. The van der Waals surface area contributed by atoms with Gasteiger partial charge < -0.3 is 0 Å². The fraction of sp³-hybridized carbons (Fsp3) is 0.625. The molecule has 3 atom stereocenters. The maximum atomic E-state index is 2.49. The Morgan fingerprint density at radius 1 is 1.29 bits per heavy atom. The summed E-state index contributed by atoms with van der Waals surface area (Å²) >= 11 is 0. The van der Waals surface area contributed by atoms with Gasteiger partial charge >= 0.3 is 0 Å². The van der Waals surface area contributed by atoms with Gasteiger partial charge in [-0.05, 0) is 29.7 Å². The van der Waals surface area contributed by atoms with E-state index in [1.54, 1.807) is 17.7 Å². The molecule has 1 fully saturated rings. The average Bonchev–Trinajstić information content (AvgIpc) is 2.40. The molecule has 94 valence electrons. The highest BCUT2D eigenvalue weighted by atomic mass is 28.2. The first-order chi connectivity index (χ1) is 8.33. The van der Waals surface area contributed by atoms with E-state index in [0.717, 1.165) is 17.8 Å². The monoisotopic (exact) mass is 246 g/mol. The SMILES string of the molecule is CCCC(C)C1C[SiH2]CCC1c1ccccc1. The molecule has 1 heteroatoms. The predicted molar refractivity (Wildman–Crippen MR) is 79.5 cm³/mol. The third-order valence-electron chi connectivity index (χ3n) is 4.52. The van der Waals surface area contributed by atoms with Crippen LogP contribution in [0.5, 0.6) is 0 Å². The van der Waals surface area contributed by atoms with E-state index in [2.05, 4.69) is 44.2 Å². The van der Waals surface area contributed by atoms with Crippen molar-refractivity contribution >= 4 is 9.52 Å². The van der Waals surface area contributed by atoms with E-state index < -0.39 is 0 Å². The standard InChI is InChI=1S/C16H26Si/c1-3-7-13(2)16-12-17-11-10-15(16)14-8-5-4-6-9-14/h4-6,8-9,13,15-16H,3,7,10-12,17H2,1-2H3. The van der Waals surface area contributed by atoms with Crippen molar-refractivity contribution in [2.75, 3.05) is 0 Å². The minimum atomic E-state index is 0.265. The molecule has 0 amide bonds. The molecule has 0 N–H and O–H groups in total. The molecule has 1 saturated heterocycles. The molecule has 0 radical (unpaired) electrons. The maximum absolute atomic E-state index is 2.49. The Bertz CT molecular complexity index is 320. The summed E-state index contributed by atoms with van der Waals surface area (Å²) in [6, 6.07) is 14.4. The number of rotatable bonds is 4. The van der Waals surface area contributed by atoms with Crippen molar-refractivity contribution in [1.29, 1.82) is 0 Å². The summed E-state index contributed by atoms with van der Waals surface area (Å²) < 4.78 is 0. The van der Waals surface area contributed by atoms with Crippen molar-refractivity contribution in [2.45, 2.75) is 51.1 Å². The molecule has 1 aliphatic rings. The summed E-state index contributed by atoms with van der Waals surface area (Å²) in [7, 11) is 0.265. The molecular formula is C16H26Si. The molecule has 0 spiro atoms. The van der Waals surface area contributed by atoms with Gasteiger partial charge in [0.2, 0.25) is 0 Å². The number of hydrogen-bond donors (Lipinski definition) is 0. The maximum Gasteiger partial charge on any atom is 0.0201 e. The van der Waals surface area contributed by atoms with Crippen LogP contribution in [0, 0.1) is 11.8 Å². The second-order valence-electron chi connectivity index (χ2n) is 5.73. The summed E-state index contributed by atoms with van der Waals surface area (Å²) in [6.07, 6.45) is 4.23. The molecule has 0 saturated carbocycles. The summed E-state index contributed by atoms with van der Waals surface area (Å²) in [5.74, 6) is 2.77. The van der Waals surface area contributed by atoms with E-state index in [-0.39, 0.29) is 9.52 Å². The van der Waals surface area contributed by atoms with Crippen LogP contribution in [0.15, 0.2) is 30.3 Å². The van der Waals surface area contributed by atoms with E-state index in [1.807, 2.05) is 0 Å². The van der Waals surface area contributed by atoms with Crippen LogP contribution in [-0.2, 0) is 0 Å². The Labute approximate surface area is 109 Å². The van der Waals surface area contributed by atoms with Crippen molar-refractivity contribution in [1.82, 2.24) is 0 Å². The van der Waals surface area contributed by atoms with Gasteiger partial charge in [0, 0.05) is 9.52 Å². The van der Waals surface area contributed by atoms with Gasteiger partial charge in [-0.3, -0.25) is 0 Å². The molecule has 1 heterocycles. The minimum absolute atomic E-state index is 0.265. The largest absolute Gasteiger partial charge is 0.0654 e. The van der Waals surface area contributed by atoms with Gasteiger partial charge in [-0.2, -0.15) is 0 Å². The topological polar surface area (TPSA) is 0 Å². The van der Waals surface area contributed by atoms with Crippen molar-refractivity contribution in [3.05, 3.63) is 35.9 Å². The Hall–Kier alpha value is -0.563. The lowest BCUT2D eigenvalue weighted by molar-refractivity contribution is 0.291. The van der Waals surface area contributed by atoms with E-state index >= 15 is 0 Å². The van der Waals surface area contributed by atoms with Crippen molar-refractivity contribution in [2.24, 2.45) is 11.8 Å². The van der Waals surface area contributed by atoms with Crippen LogP contribution in [0.3, 0.4) is 0 Å². The van der Waals surface area contributed by atoms with Crippen molar-refractivity contribution in [3.63, 3.8) is 0 Å². The zero-order valence-corrected chi connectivity index (χ0v) is 12.8. The van der Waals surface area contributed by atoms with Gasteiger partial charge in [0.25, 0.3) is 0 Å². The second-order valence-corrected chi connectivity index (χ2v) is 7.72. The first kappa shape index (κ1) is 12.9. The Balaban J connectivity index is 2.12. The first-order valence-electron chi connectivity index (χ1n) is 7.38. The lowest BCUT2D eigenvalue weighted by atomic mass is 9.76. The van der Waals surface area contributed by atoms with Gasteiger partial charge in [-0.15, -0.1) is 0 Å². The highest BCUT2D eigenvalue weighted by molar-refractivity contribution is 6.35. The Kier molecular flexibility index (Phi) is 4.84. The summed E-state index contributed by atoms with van der Waals surface area (Å²) in [6.45, 7) is 4.82. The number of hydrogen-bond acceptors (Lipinski definition) is 0. The van der Waals surface area contributed by atoms with Crippen LogP contribution in [0.2, 0.25) is 12.1 Å². The molecule has 1 aromatic carbocycles. The summed E-state index contributed by atoms with van der Waals surface area (Å²) in [4.78, 5) is 0. The average molecular weight is 246 g/mol. The van der Waals surface area contributed by atoms with Crippen LogP contribution < -0.4 is 0 Å². The quantitative estimate of drug-likeness (QED) is 0.697. The molecule has 1 aliphatic heterocycles. The van der Waals surface area contributed by atoms with Crippen molar-refractivity contribution < 1.29 is 0 Å². The van der Waals surface area contributed by atoms with E-state index in [4.69, 9.17) is 0 Å². The fourth-order valence-electron chi connectivity index (χ4n) is 3.62. The fourth-order valence-corrected chi connectivity index (χ4v) is 6.08. The molecular weight excluding hydrogens is 220 g/mol. The lowest BCUT2D eigenvalue weighted by Crippen LogP contribution is -2.26. The molecule has 2 rings (SSSR count). The van der Waals surface area contributed by atoms with Gasteiger partial charge in [-0.25, -0.2) is 0 Å². The minimum Gasteiger partial charge on any atom is -0.0654 e.